The van der Waals surface area contributed by atoms with Crippen molar-refractivity contribution in [1.29, 1.82) is 0 Å². The summed E-state index contributed by atoms with van der Waals surface area (Å²) in [5, 5.41) is -0.422. The summed E-state index contributed by atoms with van der Waals surface area (Å²) in [4.78, 5) is 0.455. The number of sulfone groups is 1. The van der Waals surface area contributed by atoms with Crippen LogP contribution in [0, 0.1) is 6.92 Å². The van der Waals surface area contributed by atoms with Crippen molar-refractivity contribution in [3.63, 3.8) is 0 Å². The van der Waals surface area contributed by atoms with E-state index in [1.807, 2.05) is 19.1 Å². The summed E-state index contributed by atoms with van der Waals surface area (Å²) in [5.74, 6) is 0. The van der Waals surface area contributed by atoms with E-state index in [1.165, 1.54) is 6.42 Å². The molecular formula is C15H23NO2S. The molecule has 1 aromatic carbocycles. The molecule has 1 fully saturated rings. The van der Waals surface area contributed by atoms with Gasteiger partial charge in [0.2, 0.25) is 0 Å². The minimum absolute atomic E-state index is 0.232. The zero-order valence-electron chi connectivity index (χ0n) is 11.5. The van der Waals surface area contributed by atoms with E-state index >= 15 is 0 Å². The smallest absolute Gasteiger partial charge is 0.183 e. The zero-order valence-corrected chi connectivity index (χ0v) is 12.3. The lowest BCUT2D eigenvalue weighted by Gasteiger charge is -2.26. The standard InChI is InChI=1S/C15H23NO2S/c1-12-8-6-7-10-14(12)19(17,18)15-11-5-3-2-4-9-13(15)16/h6-8,10,13,15H,2-5,9,11,16H2,1H3. The van der Waals surface area contributed by atoms with Crippen molar-refractivity contribution in [3.05, 3.63) is 29.8 Å². The second-order valence-corrected chi connectivity index (χ2v) is 7.64. The van der Waals surface area contributed by atoms with Crippen LogP contribution in [0.5, 0.6) is 0 Å². The Hall–Kier alpha value is -0.870. The fourth-order valence-corrected chi connectivity index (χ4v) is 5.09. The molecule has 19 heavy (non-hydrogen) atoms. The molecule has 0 amide bonds. The maximum absolute atomic E-state index is 12.8. The van der Waals surface area contributed by atoms with Crippen molar-refractivity contribution in [2.75, 3.05) is 0 Å². The summed E-state index contributed by atoms with van der Waals surface area (Å²) < 4.78 is 25.6. The average molecular weight is 281 g/mol. The molecule has 0 bridgehead atoms. The van der Waals surface area contributed by atoms with E-state index in [0.29, 0.717) is 11.3 Å². The predicted molar refractivity (Wildman–Crippen MR) is 77.8 cm³/mol. The highest BCUT2D eigenvalue weighted by Gasteiger charge is 2.33. The Labute approximate surface area is 116 Å². The van der Waals surface area contributed by atoms with Gasteiger partial charge < -0.3 is 5.73 Å². The first-order chi connectivity index (χ1) is 9.03. The topological polar surface area (TPSA) is 60.2 Å². The van der Waals surface area contributed by atoms with Gasteiger partial charge in [-0.15, -0.1) is 0 Å². The van der Waals surface area contributed by atoms with Crippen LogP contribution in [0.1, 0.15) is 44.1 Å². The average Bonchev–Trinajstić information content (AvgIpc) is 2.34. The van der Waals surface area contributed by atoms with E-state index in [0.717, 1.165) is 31.2 Å². The molecule has 2 unspecified atom stereocenters. The second kappa shape index (κ2) is 6.06. The highest BCUT2D eigenvalue weighted by atomic mass is 32.2. The molecule has 0 heterocycles. The summed E-state index contributed by atoms with van der Waals surface area (Å²) in [5.41, 5.74) is 6.96. The van der Waals surface area contributed by atoms with Gasteiger partial charge in [0.25, 0.3) is 0 Å². The summed E-state index contributed by atoms with van der Waals surface area (Å²) in [6, 6.07) is 6.98. The van der Waals surface area contributed by atoms with Crippen molar-refractivity contribution in [3.8, 4) is 0 Å². The minimum atomic E-state index is -3.31. The van der Waals surface area contributed by atoms with Gasteiger partial charge in [0.15, 0.2) is 9.84 Å². The van der Waals surface area contributed by atoms with Crippen molar-refractivity contribution < 1.29 is 8.42 Å². The van der Waals surface area contributed by atoms with Crippen molar-refractivity contribution in [2.45, 2.75) is 61.6 Å². The Balaban J connectivity index is 2.34. The lowest BCUT2D eigenvalue weighted by Crippen LogP contribution is -2.41. The van der Waals surface area contributed by atoms with Gasteiger partial charge in [-0.3, -0.25) is 0 Å². The number of rotatable bonds is 2. The van der Waals surface area contributed by atoms with Crippen LogP contribution < -0.4 is 5.73 Å². The van der Waals surface area contributed by atoms with Gasteiger partial charge in [0, 0.05) is 6.04 Å². The van der Waals surface area contributed by atoms with E-state index in [2.05, 4.69) is 0 Å². The van der Waals surface area contributed by atoms with Gasteiger partial charge >= 0.3 is 0 Å². The number of nitrogens with two attached hydrogens (primary N) is 1. The minimum Gasteiger partial charge on any atom is -0.327 e. The Morgan fingerprint density at radius 1 is 1.05 bits per heavy atom. The molecule has 1 aromatic rings. The van der Waals surface area contributed by atoms with E-state index in [4.69, 9.17) is 5.73 Å². The molecule has 0 saturated heterocycles. The predicted octanol–water partition coefficient (Wildman–Crippen LogP) is 2.82. The van der Waals surface area contributed by atoms with E-state index < -0.39 is 15.1 Å². The van der Waals surface area contributed by atoms with Crippen LogP contribution >= 0.6 is 0 Å². The molecule has 4 heteroatoms. The fourth-order valence-electron chi connectivity index (χ4n) is 2.90. The molecule has 2 atom stereocenters. The van der Waals surface area contributed by atoms with Crippen molar-refractivity contribution in [1.82, 2.24) is 0 Å². The third-order valence-corrected chi connectivity index (χ3v) is 6.51. The SMILES string of the molecule is Cc1ccccc1S(=O)(=O)C1CCCCCCC1N. The molecule has 1 aliphatic rings. The van der Waals surface area contributed by atoms with E-state index in [9.17, 15) is 8.42 Å². The first kappa shape index (κ1) is 14.5. The first-order valence-electron chi connectivity index (χ1n) is 7.08. The van der Waals surface area contributed by atoms with E-state index in [1.54, 1.807) is 12.1 Å². The Kier molecular flexibility index (Phi) is 4.63. The van der Waals surface area contributed by atoms with E-state index in [-0.39, 0.29) is 6.04 Å². The number of hydrogen-bond donors (Lipinski definition) is 1. The Morgan fingerprint density at radius 3 is 2.37 bits per heavy atom. The third-order valence-electron chi connectivity index (χ3n) is 4.05. The quantitative estimate of drug-likeness (QED) is 0.906. The Bertz CT molecular complexity index is 525. The molecular weight excluding hydrogens is 258 g/mol. The summed E-state index contributed by atoms with van der Waals surface area (Å²) >= 11 is 0. The highest BCUT2D eigenvalue weighted by Crippen LogP contribution is 2.28. The van der Waals surface area contributed by atoms with Crippen LogP contribution in [0.4, 0.5) is 0 Å². The maximum Gasteiger partial charge on any atom is 0.183 e. The highest BCUT2D eigenvalue weighted by molar-refractivity contribution is 7.92. The molecule has 0 aliphatic heterocycles. The van der Waals surface area contributed by atoms with Crippen LogP contribution in [0.15, 0.2) is 29.2 Å². The summed E-state index contributed by atoms with van der Waals surface area (Å²) in [7, 11) is -3.31. The first-order valence-corrected chi connectivity index (χ1v) is 8.63. The molecule has 106 valence electrons. The zero-order chi connectivity index (χ0) is 13.9. The van der Waals surface area contributed by atoms with Gasteiger partial charge in [-0.05, 0) is 31.4 Å². The van der Waals surface area contributed by atoms with Gasteiger partial charge in [-0.2, -0.15) is 0 Å². The normalized spacial score (nSPS) is 25.6. The van der Waals surface area contributed by atoms with Gasteiger partial charge in [-0.25, -0.2) is 8.42 Å². The molecule has 2 rings (SSSR count). The van der Waals surface area contributed by atoms with Gasteiger partial charge in [0.1, 0.15) is 0 Å². The molecule has 1 saturated carbocycles. The molecule has 0 aromatic heterocycles. The third kappa shape index (κ3) is 3.18. The fraction of sp³-hybridized carbons (Fsp3) is 0.600. The van der Waals surface area contributed by atoms with Crippen LogP contribution in [-0.4, -0.2) is 19.7 Å². The second-order valence-electron chi connectivity index (χ2n) is 5.50. The van der Waals surface area contributed by atoms with Crippen LogP contribution in [0.25, 0.3) is 0 Å². The lowest BCUT2D eigenvalue weighted by molar-refractivity contribution is 0.444. The summed E-state index contributed by atoms with van der Waals surface area (Å²) in [6.45, 7) is 1.85. The number of aryl methyl sites for hydroxylation is 1. The Morgan fingerprint density at radius 2 is 1.68 bits per heavy atom. The van der Waals surface area contributed by atoms with Crippen molar-refractivity contribution in [2.24, 2.45) is 5.73 Å². The van der Waals surface area contributed by atoms with Crippen LogP contribution in [0.3, 0.4) is 0 Å². The van der Waals surface area contributed by atoms with Gasteiger partial charge in [-0.1, -0.05) is 43.9 Å². The summed E-state index contributed by atoms with van der Waals surface area (Å²) in [6.07, 6.45) is 5.80. The largest absolute Gasteiger partial charge is 0.327 e. The van der Waals surface area contributed by atoms with Crippen LogP contribution in [-0.2, 0) is 9.84 Å². The number of benzene rings is 1. The monoisotopic (exact) mass is 281 g/mol. The molecule has 1 aliphatic carbocycles. The molecule has 0 spiro atoms. The van der Waals surface area contributed by atoms with Crippen molar-refractivity contribution >= 4 is 9.84 Å². The van der Waals surface area contributed by atoms with Gasteiger partial charge in [0.05, 0.1) is 10.1 Å². The lowest BCUT2D eigenvalue weighted by atomic mass is 9.97. The maximum atomic E-state index is 12.8. The molecule has 2 N–H and O–H groups in total. The number of hydrogen-bond acceptors (Lipinski definition) is 3. The molecule has 3 nitrogen and oxygen atoms in total. The molecule has 0 radical (unpaired) electrons. The van der Waals surface area contributed by atoms with Crippen LogP contribution in [0.2, 0.25) is 0 Å².